The topological polar surface area (TPSA) is 170 Å². The van der Waals surface area contributed by atoms with Crippen LogP contribution in [0, 0.1) is 22.7 Å². The van der Waals surface area contributed by atoms with Crippen molar-refractivity contribution >= 4 is 70.5 Å². The number of aliphatic imine (C=N–C) groups is 2. The largest absolute Gasteiger partial charge is 0.463 e. The first kappa shape index (κ1) is 55.1. The number of anilines is 2. The molecule has 3 saturated heterocycles. The minimum Gasteiger partial charge on any atom is -0.463 e. The smallest absolute Gasteiger partial charge is 0.316 e. The zero-order chi connectivity index (χ0) is 51.9. The number of benzene rings is 3. The fraction of sp³-hybridized carbons (Fsp3) is 0.554. The van der Waals surface area contributed by atoms with E-state index in [1.54, 1.807) is 6.07 Å². The number of piperazine rings is 1. The van der Waals surface area contributed by atoms with Crippen LogP contribution in [0.2, 0.25) is 5.02 Å². The highest BCUT2D eigenvalue weighted by atomic mass is 35.5. The van der Waals surface area contributed by atoms with E-state index < -0.39 is 6.04 Å². The first-order chi connectivity index (χ1) is 35.4. The van der Waals surface area contributed by atoms with E-state index in [-0.39, 0.29) is 23.1 Å². The molecule has 2 N–H and O–H groups in total. The van der Waals surface area contributed by atoms with E-state index in [0.29, 0.717) is 69.6 Å². The van der Waals surface area contributed by atoms with Crippen molar-refractivity contribution in [3.63, 3.8) is 0 Å². The van der Waals surface area contributed by atoms with Crippen LogP contribution in [-0.4, -0.2) is 168 Å². The number of imide groups is 1. The summed E-state index contributed by atoms with van der Waals surface area (Å²) in [6.07, 6.45) is 8.15. The molecule has 0 radical (unpaired) electrons. The fourth-order valence-electron chi connectivity index (χ4n) is 10.9. The van der Waals surface area contributed by atoms with Crippen LogP contribution in [0.3, 0.4) is 0 Å². The third-order valence-corrected chi connectivity index (χ3v) is 15.7. The second-order valence-corrected chi connectivity index (χ2v) is 20.8. The van der Waals surface area contributed by atoms with Crippen molar-refractivity contribution in [1.82, 2.24) is 30.2 Å². The summed E-state index contributed by atoms with van der Waals surface area (Å²) in [7, 11) is 3.79. The fourth-order valence-corrected chi connectivity index (χ4v) is 11.1. The summed E-state index contributed by atoms with van der Waals surface area (Å²) in [6, 6.07) is 20.0. The molecule has 8 rings (SSSR count). The first-order valence-corrected chi connectivity index (χ1v) is 26.6. The summed E-state index contributed by atoms with van der Waals surface area (Å²) in [5, 5.41) is 15.8. The number of carbonyl (C=O) groups excluding carboxylic acids is 4. The molecule has 4 aliphatic heterocycles. The van der Waals surface area contributed by atoms with Crippen LogP contribution in [-0.2, 0) is 25.7 Å². The molecule has 1 saturated carbocycles. The van der Waals surface area contributed by atoms with Crippen molar-refractivity contribution < 1.29 is 23.9 Å². The monoisotopic (exact) mass is 1020 g/mol. The second-order valence-electron chi connectivity index (χ2n) is 20.4. The number of ether oxygens (including phenoxy) is 1. The van der Waals surface area contributed by atoms with Crippen molar-refractivity contribution in [1.29, 1.82) is 5.26 Å². The lowest BCUT2D eigenvalue weighted by molar-refractivity contribution is -0.137. The van der Waals surface area contributed by atoms with Crippen LogP contribution < -0.4 is 20.4 Å². The predicted molar refractivity (Wildman–Crippen MR) is 291 cm³/mol. The molecular weight excluding hydrogens is 942 g/mol. The maximum Gasteiger partial charge on any atom is 0.316 e. The zero-order valence-electron chi connectivity index (χ0n) is 43.6. The van der Waals surface area contributed by atoms with E-state index in [1.165, 1.54) is 12.5 Å². The number of piperidine rings is 2. The van der Waals surface area contributed by atoms with Crippen LogP contribution in [0.4, 0.5) is 11.4 Å². The van der Waals surface area contributed by atoms with Gasteiger partial charge in [0, 0.05) is 133 Å². The molecule has 1 aliphatic carbocycles. The van der Waals surface area contributed by atoms with Crippen molar-refractivity contribution in [3.05, 3.63) is 82.0 Å². The highest BCUT2D eigenvalue weighted by molar-refractivity contribution is 6.36. The Hall–Kier alpha value is -5.70. The van der Waals surface area contributed by atoms with Gasteiger partial charge in [-0.05, 0) is 119 Å². The number of hydrogen-bond donors (Lipinski definition) is 2. The third kappa shape index (κ3) is 14.8. The molecule has 0 spiro atoms. The minimum absolute atomic E-state index is 0.0778. The van der Waals surface area contributed by atoms with Crippen LogP contribution in [0.5, 0.6) is 0 Å². The van der Waals surface area contributed by atoms with Crippen molar-refractivity contribution in [2.75, 3.05) is 116 Å². The van der Waals surface area contributed by atoms with E-state index >= 15 is 0 Å². The van der Waals surface area contributed by atoms with Gasteiger partial charge in [-0.1, -0.05) is 42.8 Å². The molecule has 392 valence electrons. The van der Waals surface area contributed by atoms with Crippen LogP contribution in [0.25, 0.3) is 10.8 Å². The summed E-state index contributed by atoms with van der Waals surface area (Å²) in [4.78, 5) is 72.5. The van der Waals surface area contributed by atoms with Gasteiger partial charge in [-0.3, -0.25) is 29.4 Å². The Kier molecular flexibility index (Phi) is 20.0. The van der Waals surface area contributed by atoms with E-state index in [4.69, 9.17) is 26.6 Å². The maximum atomic E-state index is 12.9. The van der Waals surface area contributed by atoms with Gasteiger partial charge in [0.1, 0.15) is 6.29 Å². The van der Waals surface area contributed by atoms with Crippen LogP contribution >= 0.6 is 11.6 Å². The molecule has 4 heterocycles. The molecule has 16 nitrogen and oxygen atoms in total. The lowest BCUT2D eigenvalue weighted by Crippen LogP contribution is -2.51. The Morgan fingerprint density at radius 1 is 1.00 bits per heavy atom. The number of rotatable bonds is 20. The van der Waals surface area contributed by atoms with Gasteiger partial charge < -0.3 is 34.6 Å². The highest BCUT2D eigenvalue weighted by Crippen LogP contribution is 2.47. The number of fused-ring (bicyclic) bond motifs is 1. The van der Waals surface area contributed by atoms with Gasteiger partial charge in [0.05, 0.1) is 36.0 Å². The van der Waals surface area contributed by atoms with Crippen molar-refractivity contribution in [2.24, 2.45) is 21.3 Å². The molecule has 3 aromatic rings. The third-order valence-electron chi connectivity index (χ3n) is 15.3. The lowest BCUT2D eigenvalue weighted by Gasteiger charge is -2.40. The standard InChI is InChI=1S/C54H73ClN10O5.C2H3N/c1-5-50(68)64(27-22-56-2)25-18-40-19-26-65(47-11-7-9-41-8-6-10-45(55)51(41)47)35-46(40)58-53(57-3)70-38-54(20-21-54)37-62-30-28-61(29-31-62)33-39-16-23-63(24-17-39)44-13-12-42(36-66)43(32-44)34-60(4)48-14-15-49(67)59-52(48)69;1-2-3/h6-13,32,36,39,48,56H,3,5,14-31,33-35,37-38H2,1-2,4H3,(H,59,67,69);1H3. The summed E-state index contributed by atoms with van der Waals surface area (Å²) in [6.45, 7) is 19.9. The summed E-state index contributed by atoms with van der Waals surface area (Å²) < 4.78 is 6.50. The second kappa shape index (κ2) is 26.5. The van der Waals surface area contributed by atoms with Gasteiger partial charge in [-0.15, -0.1) is 0 Å². The quantitative estimate of drug-likeness (QED) is 0.0528. The molecule has 3 amide bonds. The Morgan fingerprint density at radius 2 is 1.73 bits per heavy atom. The van der Waals surface area contributed by atoms with E-state index in [0.717, 1.165) is 149 Å². The number of nitriles is 1. The van der Waals surface area contributed by atoms with Gasteiger partial charge in [-0.2, -0.15) is 10.3 Å². The SMILES string of the molecule is C=NC(=NC1=C(CCN(CCNC)C(=O)CC)CCN(c2cccc3cccc(Cl)c23)C1)OCC1(CN2CCN(CC3CCN(c4ccc(C=O)c(CN(C)C5CCC(=O)NC5=O)c4)CC3)CC2)CC1.CC#N. The van der Waals surface area contributed by atoms with Gasteiger partial charge >= 0.3 is 6.02 Å². The number of hydrogen-bond acceptors (Lipinski definition) is 13. The Balaban J connectivity index is 0.00000254. The van der Waals surface area contributed by atoms with Crippen LogP contribution in [0.15, 0.2) is 75.9 Å². The summed E-state index contributed by atoms with van der Waals surface area (Å²) in [5.74, 6) is 0.288. The Bertz CT molecular complexity index is 2520. The number of nitrogens with zero attached hydrogens (tertiary/aromatic N) is 9. The first-order valence-electron chi connectivity index (χ1n) is 26.3. The molecule has 1 atom stereocenters. The highest BCUT2D eigenvalue weighted by Gasteiger charge is 2.45. The molecular formula is C56H76ClN11O5. The minimum atomic E-state index is -0.395. The number of carbonyl (C=O) groups is 4. The van der Waals surface area contributed by atoms with E-state index in [9.17, 15) is 19.2 Å². The van der Waals surface area contributed by atoms with Gasteiger partial charge in [0.15, 0.2) is 0 Å². The van der Waals surface area contributed by atoms with E-state index in [2.05, 4.69) is 72.3 Å². The van der Waals surface area contributed by atoms with Gasteiger partial charge in [0.25, 0.3) is 0 Å². The Labute approximate surface area is 437 Å². The molecule has 73 heavy (non-hydrogen) atoms. The number of halogens is 1. The molecule has 3 aromatic carbocycles. The van der Waals surface area contributed by atoms with Crippen molar-refractivity contribution in [3.8, 4) is 6.07 Å². The Morgan fingerprint density at radius 3 is 2.40 bits per heavy atom. The number of amides is 3. The number of nitrogens with one attached hydrogen (secondary N) is 2. The molecule has 1 unspecified atom stereocenters. The van der Waals surface area contributed by atoms with Gasteiger partial charge in [0.2, 0.25) is 17.7 Å². The van der Waals surface area contributed by atoms with Gasteiger partial charge in [-0.25, -0.2) is 4.99 Å². The van der Waals surface area contributed by atoms with Crippen LogP contribution in [0.1, 0.15) is 87.6 Å². The summed E-state index contributed by atoms with van der Waals surface area (Å²) >= 11 is 6.81. The zero-order valence-corrected chi connectivity index (χ0v) is 44.3. The summed E-state index contributed by atoms with van der Waals surface area (Å²) in [5.41, 5.74) is 5.91. The normalized spacial score (nSPS) is 19.8. The molecule has 0 bridgehead atoms. The molecule has 0 aromatic heterocycles. The molecule has 5 aliphatic rings. The lowest BCUT2D eigenvalue weighted by atomic mass is 9.95. The number of likely N-dealkylation sites (N-methyl/N-ethyl adjacent to an activating group) is 2. The molecule has 4 fully saturated rings. The van der Waals surface area contributed by atoms with E-state index in [1.807, 2.05) is 55.1 Å². The molecule has 17 heteroatoms. The average Bonchev–Trinajstić information content (AvgIpc) is 4.17. The predicted octanol–water partition coefficient (Wildman–Crippen LogP) is 6.77. The number of amidine groups is 1. The average molecular weight is 1020 g/mol. The number of aldehydes is 1. The van der Waals surface area contributed by atoms with Crippen molar-refractivity contribution in [2.45, 2.75) is 84.2 Å². The maximum absolute atomic E-state index is 12.9.